The molecule has 0 radical (unpaired) electrons. The molecule has 1 aromatic rings. The number of pyridine rings is 1. The summed E-state index contributed by atoms with van der Waals surface area (Å²) < 4.78 is 12.8. The number of hydrogen-bond donors (Lipinski definition) is 1. The first-order valence-corrected chi connectivity index (χ1v) is 4.70. The summed E-state index contributed by atoms with van der Waals surface area (Å²) in [7, 11) is 0. The van der Waals surface area contributed by atoms with E-state index in [1.807, 2.05) is 6.92 Å². The van der Waals surface area contributed by atoms with Gasteiger partial charge in [-0.05, 0) is 29.5 Å². The van der Waals surface area contributed by atoms with Crippen molar-refractivity contribution < 1.29 is 4.39 Å². The Hall–Kier alpha value is -0.960. The molecule has 0 amide bonds. The Balaban J connectivity index is 3.08. The molecule has 0 aliphatic rings. The van der Waals surface area contributed by atoms with Gasteiger partial charge < -0.3 is 5.73 Å². The molecule has 1 atom stereocenters. The standard InChI is InChI=1S/C11H17FN2/c1-7-5-9(12)14-6-8(7)10(13)11(2,3)4/h5-6,10H,13H2,1-4H3/t10-/m0/s1. The van der Waals surface area contributed by atoms with Gasteiger partial charge in [-0.2, -0.15) is 4.39 Å². The molecular formula is C11H17FN2. The maximum atomic E-state index is 12.8. The molecule has 0 saturated heterocycles. The van der Waals surface area contributed by atoms with E-state index in [0.29, 0.717) is 0 Å². The predicted molar refractivity (Wildman–Crippen MR) is 55.3 cm³/mol. The van der Waals surface area contributed by atoms with Gasteiger partial charge >= 0.3 is 0 Å². The maximum absolute atomic E-state index is 12.8. The van der Waals surface area contributed by atoms with Gasteiger partial charge in [0, 0.05) is 12.2 Å². The van der Waals surface area contributed by atoms with E-state index in [-0.39, 0.29) is 11.5 Å². The first kappa shape index (κ1) is 11.1. The molecule has 1 aromatic heterocycles. The SMILES string of the molecule is Cc1cc(F)ncc1[C@H](N)C(C)(C)C. The highest BCUT2D eigenvalue weighted by molar-refractivity contribution is 5.26. The van der Waals surface area contributed by atoms with Crippen LogP contribution >= 0.6 is 0 Å². The van der Waals surface area contributed by atoms with Gasteiger partial charge in [-0.25, -0.2) is 4.98 Å². The van der Waals surface area contributed by atoms with Crippen LogP contribution in [0.15, 0.2) is 12.3 Å². The lowest BCUT2D eigenvalue weighted by atomic mass is 9.82. The molecule has 78 valence electrons. The van der Waals surface area contributed by atoms with Crippen molar-refractivity contribution in [1.82, 2.24) is 4.98 Å². The molecule has 3 heteroatoms. The molecule has 0 aliphatic heterocycles. The normalized spacial score (nSPS) is 14.1. The topological polar surface area (TPSA) is 38.9 Å². The number of rotatable bonds is 1. The summed E-state index contributed by atoms with van der Waals surface area (Å²) in [5.41, 5.74) is 7.80. The van der Waals surface area contributed by atoms with Crippen molar-refractivity contribution in [2.24, 2.45) is 11.1 Å². The van der Waals surface area contributed by atoms with Gasteiger partial charge in [-0.1, -0.05) is 20.8 Å². The Kier molecular flexibility index (Phi) is 2.90. The highest BCUT2D eigenvalue weighted by atomic mass is 19.1. The highest BCUT2D eigenvalue weighted by Gasteiger charge is 2.23. The van der Waals surface area contributed by atoms with Crippen LogP contribution in [0.5, 0.6) is 0 Å². The minimum atomic E-state index is -0.452. The molecule has 1 heterocycles. The molecule has 2 N–H and O–H groups in total. The third-order valence-corrected chi connectivity index (χ3v) is 2.39. The van der Waals surface area contributed by atoms with Crippen LogP contribution in [0.2, 0.25) is 0 Å². The Morgan fingerprint density at radius 1 is 1.43 bits per heavy atom. The second kappa shape index (κ2) is 3.65. The molecule has 0 fully saturated rings. The molecular weight excluding hydrogens is 179 g/mol. The quantitative estimate of drug-likeness (QED) is 0.701. The van der Waals surface area contributed by atoms with Crippen molar-refractivity contribution in [2.45, 2.75) is 33.7 Å². The van der Waals surface area contributed by atoms with Gasteiger partial charge in [-0.15, -0.1) is 0 Å². The molecule has 1 rings (SSSR count). The fourth-order valence-electron chi connectivity index (χ4n) is 1.32. The summed E-state index contributed by atoms with van der Waals surface area (Å²) in [4.78, 5) is 3.63. The van der Waals surface area contributed by atoms with Gasteiger partial charge in [0.05, 0.1) is 0 Å². The van der Waals surface area contributed by atoms with E-state index < -0.39 is 5.95 Å². The smallest absolute Gasteiger partial charge is 0.213 e. The Morgan fingerprint density at radius 3 is 2.43 bits per heavy atom. The molecule has 0 bridgehead atoms. The zero-order valence-corrected chi connectivity index (χ0v) is 9.13. The molecule has 2 nitrogen and oxygen atoms in total. The number of aromatic nitrogens is 1. The molecule has 0 aromatic carbocycles. The van der Waals surface area contributed by atoms with Crippen LogP contribution in [-0.4, -0.2) is 4.98 Å². The first-order chi connectivity index (χ1) is 6.32. The van der Waals surface area contributed by atoms with Crippen molar-refractivity contribution in [3.05, 3.63) is 29.3 Å². The Bertz CT molecular complexity index is 329. The molecule has 0 aliphatic carbocycles. The van der Waals surface area contributed by atoms with Gasteiger partial charge in [-0.3, -0.25) is 0 Å². The van der Waals surface area contributed by atoms with Crippen LogP contribution in [0.3, 0.4) is 0 Å². The number of nitrogens with two attached hydrogens (primary N) is 1. The lowest BCUT2D eigenvalue weighted by Crippen LogP contribution is -2.27. The van der Waals surface area contributed by atoms with Gasteiger partial charge in [0.15, 0.2) is 0 Å². The minimum absolute atomic E-state index is 0.0374. The summed E-state index contributed by atoms with van der Waals surface area (Å²) in [5.74, 6) is -0.452. The van der Waals surface area contributed by atoms with E-state index in [0.717, 1.165) is 11.1 Å². The Labute approximate surface area is 84.3 Å². The number of aryl methyl sites for hydroxylation is 1. The van der Waals surface area contributed by atoms with E-state index in [1.54, 1.807) is 0 Å². The number of hydrogen-bond acceptors (Lipinski definition) is 2. The van der Waals surface area contributed by atoms with Crippen LogP contribution < -0.4 is 5.73 Å². The lowest BCUT2D eigenvalue weighted by molar-refractivity contribution is 0.325. The summed E-state index contributed by atoms with van der Waals surface area (Å²) in [6.07, 6.45) is 1.53. The Morgan fingerprint density at radius 2 is 2.00 bits per heavy atom. The zero-order valence-electron chi connectivity index (χ0n) is 9.13. The monoisotopic (exact) mass is 196 g/mol. The van der Waals surface area contributed by atoms with Crippen molar-refractivity contribution in [2.75, 3.05) is 0 Å². The second-order valence-corrected chi connectivity index (χ2v) is 4.71. The highest BCUT2D eigenvalue weighted by Crippen LogP contribution is 2.31. The first-order valence-electron chi connectivity index (χ1n) is 4.70. The largest absolute Gasteiger partial charge is 0.323 e. The second-order valence-electron chi connectivity index (χ2n) is 4.71. The fourth-order valence-corrected chi connectivity index (χ4v) is 1.32. The van der Waals surface area contributed by atoms with E-state index in [2.05, 4.69) is 25.8 Å². The van der Waals surface area contributed by atoms with Crippen molar-refractivity contribution in [1.29, 1.82) is 0 Å². The third kappa shape index (κ3) is 2.29. The molecule has 0 unspecified atom stereocenters. The van der Waals surface area contributed by atoms with Crippen LogP contribution in [0, 0.1) is 18.3 Å². The average molecular weight is 196 g/mol. The van der Waals surface area contributed by atoms with Gasteiger partial charge in [0.1, 0.15) is 0 Å². The number of halogens is 1. The molecule has 0 spiro atoms. The molecule has 0 saturated carbocycles. The van der Waals surface area contributed by atoms with Crippen LogP contribution in [0.4, 0.5) is 4.39 Å². The summed E-state index contributed by atoms with van der Waals surface area (Å²) in [6.45, 7) is 8.02. The lowest BCUT2D eigenvalue weighted by Gasteiger charge is -2.28. The average Bonchev–Trinajstić information content (AvgIpc) is 2.01. The predicted octanol–water partition coefficient (Wildman–Crippen LogP) is 2.58. The van der Waals surface area contributed by atoms with Crippen LogP contribution in [-0.2, 0) is 0 Å². The zero-order chi connectivity index (χ0) is 10.9. The van der Waals surface area contributed by atoms with Crippen molar-refractivity contribution in [3.63, 3.8) is 0 Å². The van der Waals surface area contributed by atoms with Crippen LogP contribution in [0.1, 0.15) is 37.9 Å². The van der Waals surface area contributed by atoms with E-state index in [4.69, 9.17) is 5.73 Å². The summed E-state index contributed by atoms with van der Waals surface area (Å²) in [6, 6.07) is 1.30. The van der Waals surface area contributed by atoms with Crippen molar-refractivity contribution >= 4 is 0 Å². The summed E-state index contributed by atoms with van der Waals surface area (Å²) >= 11 is 0. The van der Waals surface area contributed by atoms with Crippen molar-refractivity contribution in [3.8, 4) is 0 Å². The van der Waals surface area contributed by atoms with E-state index in [9.17, 15) is 4.39 Å². The van der Waals surface area contributed by atoms with E-state index in [1.165, 1.54) is 12.3 Å². The van der Waals surface area contributed by atoms with Crippen LogP contribution in [0.25, 0.3) is 0 Å². The third-order valence-electron chi connectivity index (χ3n) is 2.39. The fraction of sp³-hybridized carbons (Fsp3) is 0.545. The van der Waals surface area contributed by atoms with Gasteiger partial charge in [0.25, 0.3) is 0 Å². The maximum Gasteiger partial charge on any atom is 0.213 e. The van der Waals surface area contributed by atoms with E-state index >= 15 is 0 Å². The summed E-state index contributed by atoms with van der Waals surface area (Å²) in [5, 5.41) is 0. The minimum Gasteiger partial charge on any atom is -0.323 e. The van der Waals surface area contributed by atoms with Gasteiger partial charge in [0.2, 0.25) is 5.95 Å². The molecule has 14 heavy (non-hydrogen) atoms. The number of nitrogens with zero attached hydrogens (tertiary/aromatic N) is 1.